The summed E-state index contributed by atoms with van der Waals surface area (Å²) in [4.78, 5) is 20.6. The van der Waals surface area contributed by atoms with Crippen molar-refractivity contribution in [3.63, 3.8) is 0 Å². The number of oxazole rings is 1. The van der Waals surface area contributed by atoms with E-state index in [1.165, 1.54) is 30.5 Å². The monoisotopic (exact) mass is 418 g/mol. The van der Waals surface area contributed by atoms with Gasteiger partial charge in [0.05, 0.1) is 17.6 Å². The first-order valence-electron chi connectivity index (χ1n) is 9.60. The van der Waals surface area contributed by atoms with Gasteiger partial charge in [0.25, 0.3) is 0 Å². The number of hydrogen-bond donors (Lipinski definition) is 2. The molecule has 4 aromatic rings. The zero-order valence-corrected chi connectivity index (χ0v) is 16.4. The molecular weight excluding hydrogens is 399 g/mol. The van der Waals surface area contributed by atoms with Crippen LogP contribution in [-0.4, -0.2) is 22.5 Å². The summed E-state index contributed by atoms with van der Waals surface area (Å²) < 4.78 is 23.9. The molecule has 156 valence electrons. The minimum Gasteiger partial charge on any atom is -0.444 e. The third kappa shape index (κ3) is 5.66. The van der Waals surface area contributed by atoms with Gasteiger partial charge in [-0.2, -0.15) is 0 Å². The van der Waals surface area contributed by atoms with E-state index >= 15 is 0 Å². The number of carbonyl (C=O) groups is 1. The fraction of sp³-hybridized carbons (Fsp3) is 0.0870. The largest absolute Gasteiger partial charge is 0.444 e. The fourth-order valence-corrected chi connectivity index (χ4v) is 2.75. The van der Waals surface area contributed by atoms with Gasteiger partial charge in [-0.05, 0) is 42.5 Å². The molecule has 31 heavy (non-hydrogen) atoms. The molecule has 2 aromatic carbocycles. The predicted molar refractivity (Wildman–Crippen MR) is 113 cm³/mol. The third-order valence-corrected chi connectivity index (χ3v) is 4.27. The van der Waals surface area contributed by atoms with Gasteiger partial charge in [0.2, 0.25) is 11.8 Å². The lowest BCUT2D eigenvalue weighted by Gasteiger charge is -2.08. The predicted octanol–water partition coefficient (Wildman–Crippen LogP) is 5.03. The highest BCUT2D eigenvalue weighted by atomic mass is 19.1. The molecule has 0 fully saturated rings. The van der Waals surface area contributed by atoms with Crippen LogP contribution >= 0.6 is 0 Å². The molecule has 0 aliphatic carbocycles. The molecule has 0 aliphatic rings. The molecule has 0 radical (unpaired) electrons. The van der Waals surface area contributed by atoms with Crippen molar-refractivity contribution in [1.29, 1.82) is 0 Å². The summed E-state index contributed by atoms with van der Waals surface area (Å²) in [6.07, 6.45) is 3.60. The number of ether oxygens (including phenoxy) is 1. The first-order valence-corrected chi connectivity index (χ1v) is 9.60. The maximum absolute atomic E-state index is 12.9. The number of aromatic nitrogens is 2. The van der Waals surface area contributed by atoms with Crippen LogP contribution in [0, 0.1) is 5.82 Å². The van der Waals surface area contributed by atoms with E-state index in [1.807, 2.05) is 30.3 Å². The molecule has 7 nitrogen and oxygen atoms in total. The Kier molecular flexibility index (Phi) is 6.18. The Hall–Kier alpha value is -4.20. The summed E-state index contributed by atoms with van der Waals surface area (Å²) in [6, 6.07) is 18.1. The van der Waals surface area contributed by atoms with Crippen LogP contribution in [0.5, 0.6) is 11.6 Å². The first-order chi connectivity index (χ1) is 15.2. The van der Waals surface area contributed by atoms with Crippen molar-refractivity contribution in [1.82, 2.24) is 15.3 Å². The number of rotatable bonds is 7. The van der Waals surface area contributed by atoms with Gasteiger partial charge in [0, 0.05) is 24.6 Å². The number of benzene rings is 2. The fourth-order valence-electron chi connectivity index (χ4n) is 2.75. The number of urea groups is 1. The molecule has 0 spiro atoms. The minimum atomic E-state index is -0.360. The van der Waals surface area contributed by atoms with Crippen LogP contribution in [0.4, 0.5) is 14.9 Å². The van der Waals surface area contributed by atoms with Crippen LogP contribution in [0.25, 0.3) is 11.5 Å². The number of pyridine rings is 1. The van der Waals surface area contributed by atoms with Crippen molar-refractivity contribution in [2.75, 3.05) is 11.9 Å². The number of nitrogens with one attached hydrogen (secondary N) is 2. The summed E-state index contributed by atoms with van der Waals surface area (Å²) in [7, 11) is 0. The van der Waals surface area contributed by atoms with Crippen molar-refractivity contribution < 1.29 is 18.3 Å². The van der Waals surface area contributed by atoms with Crippen LogP contribution in [0.3, 0.4) is 0 Å². The standard InChI is InChI=1S/C23H19FN4O3/c24-17-6-9-20(10-7-17)31-21-11-8-18(14-26-21)28-23(29)25-13-12-19-15-30-22(27-19)16-4-2-1-3-5-16/h1-11,14-15H,12-13H2,(H2,25,28,29). The molecule has 2 heterocycles. The first kappa shape index (κ1) is 20.1. The van der Waals surface area contributed by atoms with E-state index in [-0.39, 0.29) is 11.8 Å². The number of hydrogen-bond acceptors (Lipinski definition) is 5. The van der Waals surface area contributed by atoms with Crippen LogP contribution in [0.15, 0.2) is 83.6 Å². The zero-order chi connectivity index (χ0) is 21.5. The average molecular weight is 418 g/mol. The van der Waals surface area contributed by atoms with Crippen LogP contribution in [-0.2, 0) is 6.42 Å². The van der Waals surface area contributed by atoms with Gasteiger partial charge in [-0.15, -0.1) is 0 Å². The van der Waals surface area contributed by atoms with E-state index < -0.39 is 0 Å². The maximum atomic E-state index is 12.9. The number of halogens is 1. The second kappa shape index (κ2) is 9.53. The Morgan fingerprint density at radius 3 is 2.58 bits per heavy atom. The molecule has 0 bridgehead atoms. The van der Waals surface area contributed by atoms with E-state index in [0.29, 0.717) is 36.2 Å². The number of anilines is 1. The molecule has 0 saturated heterocycles. The van der Waals surface area contributed by atoms with Gasteiger partial charge in [0.1, 0.15) is 17.8 Å². The van der Waals surface area contributed by atoms with E-state index in [0.717, 1.165) is 11.3 Å². The number of nitrogens with zero attached hydrogens (tertiary/aromatic N) is 2. The van der Waals surface area contributed by atoms with Crippen molar-refractivity contribution >= 4 is 11.7 Å². The van der Waals surface area contributed by atoms with Crippen molar-refractivity contribution in [3.05, 3.63) is 90.7 Å². The summed E-state index contributed by atoms with van der Waals surface area (Å²) in [5.41, 5.74) is 2.17. The second-order valence-corrected chi connectivity index (χ2v) is 6.58. The summed E-state index contributed by atoms with van der Waals surface area (Å²) >= 11 is 0. The normalized spacial score (nSPS) is 10.5. The quantitative estimate of drug-likeness (QED) is 0.439. The SMILES string of the molecule is O=C(NCCc1coc(-c2ccccc2)n1)Nc1ccc(Oc2ccc(F)cc2)nc1. The summed E-state index contributed by atoms with van der Waals surface area (Å²) in [5, 5.41) is 5.46. The van der Waals surface area contributed by atoms with E-state index in [4.69, 9.17) is 9.15 Å². The number of amides is 2. The molecule has 2 amide bonds. The van der Waals surface area contributed by atoms with Crippen LogP contribution in [0.2, 0.25) is 0 Å². The summed E-state index contributed by atoms with van der Waals surface area (Å²) in [5.74, 6) is 1.01. The number of carbonyl (C=O) groups excluding carboxylic acids is 1. The summed E-state index contributed by atoms with van der Waals surface area (Å²) in [6.45, 7) is 0.395. The van der Waals surface area contributed by atoms with Crippen molar-refractivity contribution in [2.24, 2.45) is 0 Å². The van der Waals surface area contributed by atoms with Crippen molar-refractivity contribution in [3.8, 4) is 23.1 Å². The van der Waals surface area contributed by atoms with Gasteiger partial charge >= 0.3 is 6.03 Å². The Balaban J connectivity index is 1.23. The van der Waals surface area contributed by atoms with E-state index in [9.17, 15) is 9.18 Å². The second-order valence-electron chi connectivity index (χ2n) is 6.58. The van der Waals surface area contributed by atoms with Gasteiger partial charge in [-0.1, -0.05) is 18.2 Å². The molecule has 2 aromatic heterocycles. The van der Waals surface area contributed by atoms with E-state index in [2.05, 4.69) is 20.6 Å². The average Bonchev–Trinajstić information content (AvgIpc) is 3.26. The lowest BCUT2D eigenvalue weighted by Crippen LogP contribution is -2.30. The Morgan fingerprint density at radius 1 is 1.03 bits per heavy atom. The Labute approximate surface area is 177 Å². The lowest BCUT2D eigenvalue weighted by atomic mass is 10.2. The highest BCUT2D eigenvalue weighted by Crippen LogP contribution is 2.21. The molecule has 8 heteroatoms. The highest BCUT2D eigenvalue weighted by molar-refractivity contribution is 5.89. The van der Waals surface area contributed by atoms with Crippen LogP contribution in [0.1, 0.15) is 5.69 Å². The minimum absolute atomic E-state index is 0.331. The highest BCUT2D eigenvalue weighted by Gasteiger charge is 2.08. The van der Waals surface area contributed by atoms with Gasteiger partial charge in [0.15, 0.2) is 0 Å². The lowest BCUT2D eigenvalue weighted by molar-refractivity contribution is 0.252. The smallest absolute Gasteiger partial charge is 0.319 e. The Morgan fingerprint density at radius 2 is 1.84 bits per heavy atom. The molecule has 2 N–H and O–H groups in total. The van der Waals surface area contributed by atoms with E-state index in [1.54, 1.807) is 18.4 Å². The zero-order valence-electron chi connectivity index (χ0n) is 16.4. The molecule has 0 unspecified atom stereocenters. The van der Waals surface area contributed by atoms with Crippen LogP contribution < -0.4 is 15.4 Å². The Bertz CT molecular complexity index is 1130. The molecule has 4 rings (SSSR count). The third-order valence-electron chi connectivity index (χ3n) is 4.27. The molecule has 0 aliphatic heterocycles. The van der Waals surface area contributed by atoms with Crippen molar-refractivity contribution in [2.45, 2.75) is 6.42 Å². The maximum Gasteiger partial charge on any atom is 0.319 e. The molecular formula is C23H19FN4O3. The molecule has 0 saturated carbocycles. The van der Waals surface area contributed by atoms with Gasteiger partial charge < -0.3 is 19.8 Å². The van der Waals surface area contributed by atoms with Gasteiger partial charge in [-0.25, -0.2) is 19.2 Å². The molecule has 0 atom stereocenters. The van der Waals surface area contributed by atoms with Gasteiger partial charge in [-0.3, -0.25) is 0 Å². The topological polar surface area (TPSA) is 89.3 Å².